The molecule has 2 N–H and O–H groups in total. The molecule has 0 fully saturated rings. The van der Waals surface area contributed by atoms with Crippen LogP contribution in [0.15, 0.2) is 58.7 Å². The first-order chi connectivity index (χ1) is 11.7. The molecule has 7 heteroatoms. The standard InChI is InChI=1S/C17H14N4O2S/c22-15-6-5-11(9-18-15)16(23)19-13-4-2-1-3-12(13)14-10-21-7-8-24-17(21)20-14/h1-6,9-10H,7-8H2,(H,18,22)(H,19,23). The Kier molecular flexibility index (Phi) is 3.70. The zero-order valence-corrected chi connectivity index (χ0v) is 13.5. The minimum Gasteiger partial charge on any atom is -0.328 e. The quantitative estimate of drug-likeness (QED) is 0.769. The average Bonchev–Trinajstić information content (AvgIpc) is 3.17. The lowest BCUT2D eigenvalue weighted by atomic mass is 10.1. The number of benzene rings is 1. The summed E-state index contributed by atoms with van der Waals surface area (Å²) in [5.74, 6) is 0.771. The van der Waals surface area contributed by atoms with Crippen molar-refractivity contribution < 1.29 is 4.79 Å². The Hall–Kier alpha value is -2.80. The van der Waals surface area contributed by atoms with Crippen molar-refractivity contribution in [2.24, 2.45) is 0 Å². The van der Waals surface area contributed by atoms with E-state index in [4.69, 9.17) is 0 Å². The number of amides is 1. The van der Waals surface area contributed by atoms with Gasteiger partial charge in [-0.1, -0.05) is 30.0 Å². The van der Waals surface area contributed by atoms with Crippen molar-refractivity contribution in [2.75, 3.05) is 11.1 Å². The van der Waals surface area contributed by atoms with Crippen LogP contribution < -0.4 is 10.9 Å². The lowest BCUT2D eigenvalue weighted by Crippen LogP contribution is -2.15. The van der Waals surface area contributed by atoms with Crippen LogP contribution in [0.25, 0.3) is 11.3 Å². The van der Waals surface area contributed by atoms with Crippen LogP contribution in [0.2, 0.25) is 0 Å². The number of aromatic nitrogens is 3. The fraction of sp³-hybridized carbons (Fsp3) is 0.118. The lowest BCUT2D eigenvalue weighted by Gasteiger charge is -2.09. The molecule has 1 aromatic carbocycles. The van der Waals surface area contributed by atoms with Crippen LogP contribution in [0.1, 0.15) is 10.4 Å². The number of carbonyl (C=O) groups is 1. The van der Waals surface area contributed by atoms with E-state index in [9.17, 15) is 9.59 Å². The number of para-hydroxylation sites is 1. The number of aryl methyl sites for hydroxylation is 1. The highest BCUT2D eigenvalue weighted by Gasteiger charge is 2.17. The molecule has 0 bridgehead atoms. The molecular formula is C17H14N4O2S. The molecule has 1 aliphatic heterocycles. The molecule has 0 saturated carbocycles. The average molecular weight is 338 g/mol. The molecule has 0 aliphatic carbocycles. The molecule has 4 rings (SSSR count). The number of rotatable bonds is 3. The number of pyridine rings is 1. The van der Waals surface area contributed by atoms with Crippen molar-refractivity contribution >= 4 is 23.4 Å². The van der Waals surface area contributed by atoms with Gasteiger partial charge in [-0.3, -0.25) is 9.59 Å². The highest BCUT2D eigenvalue weighted by molar-refractivity contribution is 7.99. The highest BCUT2D eigenvalue weighted by atomic mass is 32.2. The van der Waals surface area contributed by atoms with Gasteiger partial charge in [0, 0.05) is 36.3 Å². The van der Waals surface area contributed by atoms with Crippen LogP contribution in [0, 0.1) is 0 Å². The van der Waals surface area contributed by atoms with Gasteiger partial charge in [0.05, 0.1) is 16.9 Å². The maximum Gasteiger partial charge on any atom is 0.257 e. The molecule has 6 nitrogen and oxygen atoms in total. The molecule has 0 unspecified atom stereocenters. The smallest absolute Gasteiger partial charge is 0.257 e. The lowest BCUT2D eigenvalue weighted by molar-refractivity contribution is 0.102. The predicted molar refractivity (Wildman–Crippen MR) is 93.4 cm³/mol. The second kappa shape index (κ2) is 6.01. The summed E-state index contributed by atoms with van der Waals surface area (Å²) in [5, 5.41) is 3.90. The normalized spacial score (nSPS) is 12.8. The summed E-state index contributed by atoms with van der Waals surface area (Å²) in [6, 6.07) is 10.4. The molecule has 1 amide bonds. The van der Waals surface area contributed by atoms with Gasteiger partial charge in [-0.05, 0) is 12.1 Å². The van der Waals surface area contributed by atoms with Crippen LogP contribution in [0.4, 0.5) is 5.69 Å². The van der Waals surface area contributed by atoms with Crippen molar-refractivity contribution in [1.29, 1.82) is 0 Å². The van der Waals surface area contributed by atoms with Gasteiger partial charge in [0.25, 0.3) is 5.91 Å². The van der Waals surface area contributed by atoms with Gasteiger partial charge in [-0.15, -0.1) is 0 Å². The Morgan fingerprint density at radius 2 is 2.12 bits per heavy atom. The van der Waals surface area contributed by atoms with E-state index in [0.717, 1.165) is 28.7 Å². The summed E-state index contributed by atoms with van der Waals surface area (Å²) < 4.78 is 2.13. The van der Waals surface area contributed by atoms with E-state index in [1.807, 2.05) is 30.5 Å². The van der Waals surface area contributed by atoms with Crippen LogP contribution in [0.5, 0.6) is 0 Å². The van der Waals surface area contributed by atoms with Gasteiger partial charge in [0.15, 0.2) is 5.16 Å². The second-order valence-corrected chi connectivity index (χ2v) is 6.45. The number of carbonyl (C=O) groups excluding carboxylic acids is 1. The Bertz CT molecular complexity index is 935. The summed E-state index contributed by atoms with van der Waals surface area (Å²) >= 11 is 1.73. The number of imidazole rings is 1. The number of nitrogens with zero attached hydrogens (tertiary/aromatic N) is 2. The third-order valence-corrected chi connectivity index (χ3v) is 4.77. The van der Waals surface area contributed by atoms with Crippen molar-refractivity contribution in [3.8, 4) is 11.3 Å². The third-order valence-electron chi connectivity index (χ3n) is 3.80. The third kappa shape index (κ3) is 2.74. The molecule has 2 aromatic heterocycles. The Labute approximate surface area is 141 Å². The predicted octanol–water partition coefficient (Wildman–Crippen LogP) is 2.60. The fourth-order valence-electron chi connectivity index (χ4n) is 2.60. The van der Waals surface area contributed by atoms with Gasteiger partial charge in [-0.25, -0.2) is 4.98 Å². The minimum absolute atomic E-state index is 0.239. The monoisotopic (exact) mass is 338 g/mol. The molecule has 0 atom stereocenters. The van der Waals surface area contributed by atoms with Gasteiger partial charge < -0.3 is 14.9 Å². The summed E-state index contributed by atoms with van der Waals surface area (Å²) in [6.07, 6.45) is 3.42. The van der Waals surface area contributed by atoms with Gasteiger partial charge in [0.2, 0.25) is 5.56 Å². The first kappa shape index (κ1) is 14.8. The first-order valence-electron chi connectivity index (χ1n) is 7.50. The van der Waals surface area contributed by atoms with E-state index in [0.29, 0.717) is 11.3 Å². The van der Waals surface area contributed by atoms with Gasteiger partial charge in [-0.2, -0.15) is 0 Å². The number of hydrogen-bond acceptors (Lipinski definition) is 4. The molecule has 120 valence electrons. The summed E-state index contributed by atoms with van der Waals surface area (Å²) in [4.78, 5) is 30.6. The molecular weight excluding hydrogens is 324 g/mol. The minimum atomic E-state index is -0.278. The van der Waals surface area contributed by atoms with Gasteiger partial charge >= 0.3 is 0 Å². The topological polar surface area (TPSA) is 79.8 Å². The maximum absolute atomic E-state index is 12.4. The molecule has 24 heavy (non-hydrogen) atoms. The van der Waals surface area contributed by atoms with Crippen LogP contribution in [-0.2, 0) is 6.54 Å². The Morgan fingerprint density at radius 1 is 1.25 bits per heavy atom. The maximum atomic E-state index is 12.4. The van der Waals surface area contributed by atoms with Crippen molar-refractivity contribution in [3.63, 3.8) is 0 Å². The van der Waals surface area contributed by atoms with E-state index in [2.05, 4.69) is 19.9 Å². The Balaban J connectivity index is 1.65. The summed E-state index contributed by atoms with van der Waals surface area (Å²) in [7, 11) is 0. The molecule has 0 radical (unpaired) electrons. The zero-order chi connectivity index (χ0) is 16.5. The number of anilines is 1. The largest absolute Gasteiger partial charge is 0.328 e. The van der Waals surface area contributed by atoms with E-state index in [-0.39, 0.29) is 11.5 Å². The number of fused-ring (bicyclic) bond motifs is 1. The van der Waals surface area contributed by atoms with Crippen molar-refractivity contribution in [1.82, 2.24) is 14.5 Å². The van der Waals surface area contributed by atoms with E-state index < -0.39 is 0 Å². The number of aromatic amines is 1. The van der Waals surface area contributed by atoms with Crippen molar-refractivity contribution in [2.45, 2.75) is 11.7 Å². The van der Waals surface area contributed by atoms with Gasteiger partial charge in [0.1, 0.15) is 0 Å². The summed E-state index contributed by atoms with van der Waals surface area (Å²) in [6.45, 7) is 0.957. The molecule has 0 spiro atoms. The summed E-state index contributed by atoms with van der Waals surface area (Å²) in [5.41, 5.74) is 2.56. The van der Waals surface area contributed by atoms with E-state index in [1.165, 1.54) is 18.3 Å². The van der Waals surface area contributed by atoms with Crippen LogP contribution in [0.3, 0.4) is 0 Å². The SMILES string of the molecule is O=C(Nc1ccccc1-c1cn2c(n1)SCC2)c1ccc(=O)[nH]c1. The molecule has 0 saturated heterocycles. The van der Waals surface area contributed by atoms with Crippen LogP contribution >= 0.6 is 11.8 Å². The molecule has 3 aromatic rings. The van der Waals surface area contributed by atoms with Crippen molar-refractivity contribution in [3.05, 3.63) is 64.7 Å². The fourth-order valence-corrected chi connectivity index (χ4v) is 3.54. The molecule has 3 heterocycles. The first-order valence-corrected chi connectivity index (χ1v) is 8.49. The van der Waals surface area contributed by atoms with E-state index >= 15 is 0 Å². The van der Waals surface area contributed by atoms with E-state index in [1.54, 1.807) is 11.8 Å². The number of H-pyrrole nitrogens is 1. The number of nitrogens with one attached hydrogen (secondary N) is 2. The Morgan fingerprint density at radius 3 is 2.92 bits per heavy atom. The zero-order valence-electron chi connectivity index (χ0n) is 12.7. The second-order valence-electron chi connectivity index (χ2n) is 5.39. The molecule has 1 aliphatic rings. The highest BCUT2D eigenvalue weighted by Crippen LogP contribution is 2.32. The van der Waals surface area contributed by atoms with Crippen LogP contribution in [-0.4, -0.2) is 26.2 Å². The number of hydrogen-bond donors (Lipinski definition) is 2. The number of thioether (sulfide) groups is 1.